The second-order valence-corrected chi connectivity index (χ2v) is 9.79. The smallest absolute Gasteiger partial charge is 0.251 e. The number of halogens is 1. The molecule has 5 nitrogen and oxygen atoms in total. The third kappa shape index (κ3) is 5.93. The van der Waals surface area contributed by atoms with Gasteiger partial charge in [0.05, 0.1) is 12.3 Å². The van der Waals surface area contributed by atoms with Gasteiger partial charge in [-0.15, -0.1) is 11.8 Å². The lowest BCUT2D eigenvalue weighted by Gasteiger charge is -2.24. The minimum Gasteiger partial charge on any atom is -0.492 e. The van der Waals surface area contributed by atoms with Crippen LogP contribution in [0.2, 0.25) is 5.02 Å². The lowest BCUT2D eigenvalue weighted by Crippen LogP contribution is -2.28. The number of ether oxygens (including phenoxy) is 1. The number of benzene rings is 3. The van der Waals surface area contributed by atoms with Gasteiger partial charge >= 0.3 is 0 Å². The van der Waals surface area contributed by atoms with Gasteiger partial charge in [0.1, 0.15) is 17.7 Å². The maximum atomic E-state index is 12.5. The molecule has 0 aromatic heterocycles. The molecule has 1 heterocycles. The highest BCUT2D eigenvalue weighted by Gasteiger charge is 2.32. The highest BCUT2D eigenvalue weighted by Crippen LogP contribution is 2.39. The summed E-state index contributed by atoms with van der Waals surface area (Å²) in [6.45, 7) is 5.44. The molecule has 1 N–H and O–H groups in total. The van der Waals surface area contributed by atoms with Crippen LogP contribution in [0.15, 0.2) is 66.7 Å². The zero-order chi connectivity index (χ0) is 24.1. The molecule has 1 fully saturated rings. The summed E-state index contributed by atoms with van der Waals surface area (Å²) in [5, 5.41) is 3.49. The first-order chi connectivity index (χ1) is 16.4. The van der Waals surface area contributed by atoms with Crippen molar-refractivity contribution in [3.05, 3.63) is 99.6 Å². The summed E-state index contributed by atoms with van der Waals surface area (Å²) in [6, 6.07) is 21.0. The van der Waals surface area contributed by atoms with Gasteiger partial charge in [-0.25, -0.2) is 0 Å². The van der Waals surface area contributed by atoms with Gasteiger partial charge in [0, 0.05) is 17.1 Å². The molecule has 0 unspecified atom stereocenters. The van der Waals surface area contributed by atoms with Crippen molar-refractivity contribution in [3.63, 3.8) is 0 Å². The van der Waals surface area contributed by atoms with Crippen LogP contribution in [0.5, 0.6) is 5.75 Å². The van der Waals surface area contributed by atoms with Gasteiger partial charge in [0.2, 0.25) is 5.91 Å². The fourth-order valence-electron chi connectivity index (χ4n) is 3.73. The molecule has 3 aromatic carbocycles. The maximum Gasteiger partial charge on any atom is 0.251 e. The normalized spacial score (nSPS) is 15.4. The lowest BCUT2D eigenvalue weighted by molar-refractivity contribution is -0.128. The maximum absolute atomic E-state index is 12.5. The average Bonchev–Trinajstić information content (AvgIpc) is 3.20. The largest absolute Gasteiger partial charge is 0.492 e. The molecule has 0 spiro atoms. The van der Waals surface area contributed by atoms with Crippen molar-refractivity contribution >= 4 is 35.2 Å². The molecule has 0 bridgehead atoms. The Morgan fingerprint density at radius 3 is 2.50 bits per heavy atom. The third-order valence-electron chi connectivity index (χ3n) is 5.83. The number of hydrogen-bond acceptors (Lipinski definition) is 4. The van der Waals surface area contributed by atoms with Crippen LogP contribution in [0.25, 0.3) is 0 Å². The van der Waals surface area contributed by atoms with Crippen molar-refractivity contribution in [2.75, 3.05) is 18.9 Å². The van der Waals surface area contributed by atoms with Crippen molar-refractivity contribution in [2.45, 2.75) is 25.8 Å². The van der Waals surface area contributed by atoms with E-state index in [9.17, 15) is 9.59 Å². The molecule has 1 atom stereocenters. The molecule has 7 heteroatoms. The molecule has 3 aromatic rings. The molecule has 2 amide bonds. The number of nitrogens with zero attached hydrogens (tertiary/aromatic N) is 1. The van der Waals surface area contributed by atoms with Crippen molar-refractivity contribution in [1.82, 2.24) is 10.2 Å². The van der Waals surface area contributed by atoms with Crippen LogP contribution in [0.3, 0.4) is 0 Å². The van der Waals surface area contributed by atoms with E-state index in [2.05, 4.69) is 12.2 Å². The molecule has 1 aliphatic heterocycles. The van der Waals surface area contributed by atoms with Crippen LogP contribution in [0.1, 0.15) is 38.0 Å². The molecule has 0 saturated carbocycles. The highest BCUT2D eigenvalue weighted by atomic mass is 35.5. The molecule has 1 saturated heterocycles. The summed E-state index contributed by atoms with van der Waals surface area (Å²) in [4.78, 5) is 26.9. The monoisotopic (exact) mass is 494 g/mol. The second kappa shape index (κ2) is 11.0. The van der Waals surface area contributed by atoms with Gasteiger partial charge in [-0.2, -0.15) is 0 Å². The van der Waals surface area contributed by atoms with Gasteiger partial charge in [0.25, 0.3) is 5.91 Å². The summed E-state index contributed by atoms with van der Waals surface area (Å²) in [5.41, 5.74) is 5.00. The van der Waals surface area contributed by atoms with Gasteiger partial charge < -0.3 is 15.0 Å². The zero-order valence-corrected chi connectivity index (χ0v) is 20.8. The Morgan fingerprint density at radius 2 is 1.79 bits per heavy atom. The van der Waals surface area contributed by atoms with E-state index < -0.39 is 0 Å². The molecule has 4 rings (SSSR count). The summed E-state index contributed by atoms with van der Waals surface area (Å²) < 4.78 is 5.73. The molecule has 0 aliphatic carbocycles. The minimum absolute atomic E-state index is 0.0772. The van der Waals surface area contributed by atoms with Crippen molar-refractivity contribution < 1.29 is 14.3 Å². The Bertz CT molecular complexity index is 1170. The van der Waals surface area contributed by atoms with E-state index in [4.69, 9.17) is 16.3 Å². The van der Waals surface area contributed by atoms with Crippen molar-refractivity contribution in [3.8, 4) is 5.75 Å². The Labute approximate surface area is 209 Å². The third-order valence-corrected chi connectivity index (χ3v) is 7.34. The predicted molar refractivity (Wildman–Crippen MR) is 137 cm³/mol. The minimum atomic E-state index is -0.150. The van der Waals surface area contributed by atoms with Crippen LogP contribution in [0.4, 0.5) is 0 Å². The topological polar surface area (TPSA) is 58.6 Å². The zero-order valence-electron chi connectivity index (χ0n) is 19.2. The van der Waals surface area contributed by atoms with Gasteiger partial charge in [-0.3, -0.25) is 9.59 Å². The van der Waals surface area contributed by atoms with Gasteiger partial charge in [-0.05, 0) is 72.5 Å². The van der Waals surface area contributed by atoms with Crippen LogP contribution in [0, 0.1) is 13.8 Å². The van der Waals surface area contributed by atoms with E-state index in [-0.39, 0.29) is 17.2 Å². The molecule has 1 aliphatic rings. The molecular weight excluding hydrogens is 468 g/mol. The first-order valence-corrected chi connectivity index (χ1v) is 12.6. The predicted octanol–water partition coefficient (Wildman–Crippen LogP) is 5.54. The van der Waals surface area contributed by atoms with E-state index >= 15 is 0 Å². The van der Waals surface area contributed by atoms with E-state index in [1.54, 1.807) is 23.9 Å². The van der Waals surface area contributed by atoms with Crippen LogP contribution < -0.4 is 10.1 Å². The fraction of sp³-hybridized carbons (Fsp3) is 0.259. The number of carbonyl (C=O) groups is 2. The first-order valence-electron chi connectivity index (χ1n) is 11.1. The van der Waals surface area contributed by atoms with E-state index in [1.165, 1.54) is 11.1 Å². The number of aryl methyl sites for hydroxylation is 2. The summed E-state index contributed by atoms with van der Waals surface area (Å²) >= 11 is 7.57. The highest BCUT2D eigenvalue weighted by molar-refractivity contribution is 8.00. The first kappa shape index (κ1) is 24.2. The second-order valence-electron chi connectivity index (χ2n) is 8.28. The fourth-order valence-corrected chi connectivity index (χ4v) is 5.04. The van der Waals surface area contributed by atoms with Crippen LogP contribution >= 0.6 is 23.4 Å². The summed E-state index contributed by atoms with van der Waals surface area (Å²) in [7, 11) is 0. The van der Waals surface area contributed by atoms with Gasteiger partial charge in [0.15, 0.2) is 0 Å². The van der Waals surface area contributed by atoms with E-state index in [1.807, 2.05) is 66.4 Å². The van der Waals surface area contributed by atoms with Gasteiger partial charge in [-0.1, -0.05) is 41.9 Å². The number of thioether (sulfide) groups is 1. The average molecular weight is 495 g/mol. The summed E-state index contributed by atoms with van der Waals surface area (Å²) in [5.74, 6) is 1.20. The standard InChI is InChI=1S/C27H27ClN2O3S/c1-18-3-12-24(15-19(18)2)33-14-13-29-26(32)21-6-8-22(9-7-21)27-30(25(31)17-34-27)16-20-4-10-23(28)11-5-20/h3-12,15,27H,13-14,16-17H2,1-2H3,(H,29,32)/t27-/m1/s1. The Hall–Kier alpha value is -2.96. The number of amides is 2. The Balaban J connectivity index is 1.31. The molecule has 176 valence electrons. The van der Waals surface area contributed by atoms with E-state index in [0.29, 0.717) is 36.0 Å². The van der Waals surface area contributed by atoms with Crippen molar-refractivity contribution in [1.29, 1.82) is 0 Å². The Morgan fingerprint density at radius 1 is 1.06 bits per heavy atom. The molecule has 0 radical (unpaired) electrons. The SMILES string of the molecule is Cc1ccc(OCCNC(=O)c2ccc([C@H]3SCC(=O)N3Cc3ccc(Cl)cc3)cc2)cc1C. The molecular formula is C27H27ClN2O3S. The molecule has 34 heavy (non-hydrogen) atoms. The number of rotatable bonds is 8. The van der Waals surface area contributed by atoms with E-state index in [0.717, 1.165) is 16.9 Å². The van der Waals surface area contributed by atoms with Crippen molar-refractivity contribution in [2.24, 2.45) is 0 Å². The van der Waals surface area contributed by atoms with Crippen LogP contribution in [-0.2, 0) is 11.3 Å². The lowest BCUT2D eigenvalue weighted by atomic mass is 10.1. The quantitative estimate of drug-likeness (QED) is 0.418. The van der Waals surface area contributed by atoms with Crippen LogP contribution in [-0.4, -0.2) is 35.6 Å². The summed E-state index contributed by atoms with van der Waals surface area (Å²) in [6.07, 6.45) is 0. The number of nitrogens with one attached hydrogen (secondary N) is 1. The Kier molecular flexibility index (Phi) is 7.80. The number of carbonyl (C=O) groups excluding carboxylic acids is 2. The number of hydrogen-bond donors (Lipinski definition) is 1.